The molecule has 27 heavy (non-hydrogen) atoms. The van der Waals surface area contributed by atoms with Gasteiger partial charge in [0.15, 0.2) is 0 Å². The minimum atomic E-state index is -3.83. The number of rotatable bonds is 21. The van der Waals surface area contributed by atoms with Gasteiger partial charge in [-0.15, -0.1) is 0 Å². The zero-order chi connectivity index (χ0) is 20.2. The molecule has 0 heterocycles. The van der Waals surface area contributed by atoms with E-state index in [1.54, 1.807) is 6.92 Å². The molecule has 0 rings (SSSR count). The average molecular weight is 407 g/mol. The summed E-state index contributed by atoms with van der Waals surface area (Å²) in [6.07, 6.45) is 23.3. The highest BCUT2D eigenvalue weighted by atomic mass is 32.2. The molecule has 0 amide bonds. The molecule has 0 aliphatic heterocycles. The second-order valence-electron chi connectivity index (χ2n) is 8.20. The van der Waals surface area contributed by atoms with Crippen LogP contribution in [0.1, 0.15) is 129 Å². The minimum absolute atomic E-state index is 0.346. The topological polar surface area (TPSA) is 74.6 Å². The van der Waals surface area contributed by atoms with Crippen LogP contribution in [-0.2, 0) is 10.1 Å². The molecule has 0 aromatic heterocycles. The summed E-state index contributed by atoms with van der Waals surface area (Å²) in [5.74, 6) is 0. The van der Waals surface area contributed by atoms with Crippen LogP contribution in [-0.4, -0.2) is 29.9 Å². The highest BCUT2D eigenvalue weighted by Gasteiger charge is 2.15. The Labute approximate surface area is 169 Å². The fraction of sp³-hybridized carbons (Fsp3) is 1.00. The van der Waals surface area contributed by atoms with Crippen molar-refractivity contribution in [2.45, 2.75) is 134 Å². The van der Waals surface area contributed by atoms with Crippen LogP contribution < -0.4 is 0 Å². The summed E-state index contributed by atoms with van der Waals surface area (Å²) in [7, 11) is -3.83. The molecule has 0 aromatic carbocycles. The van der Waals surface area contributed by atoms with Gasteiger partial charge in [-0.2, -0.15) is 8.42 Å². The summed E-state index contributed by atoms with van der Waals surface area (Å²) >= 11 is 0. The Morgan fingerprint density at radius 2 is 0.815 bits per heavy atom. The van der Waals surface area contributed by atoms with Gasteiger partial charge in [-0.25, -0.2) is 0 Å². The predicted octanol–water partition coefficient (Wildman–Crippen LogP) is 6.67. The van der Waals surface area contributed by atoms with Gasteiger partial charge in [0.1, 0.15) is 0 Å². The van der Waals surface area contributed by atoms with Crippen molar-refractivity contribution in [1.29, 1.82) is 0 Å². The first-order valence-corrected chi connectivity index (χ1v) is 13.1. The lowest BCUT2D eigenvalue weighted by Gasteiger charge is -2.07. The number of aliphatic hydroxyl groups excluding tert-OH is 1. The van der Waals surface area contributed by atoms with Crippen LogP contribution >= 0.6 is 0 Å². The lowest BCUT2D eigenvalue weighted by molar-refractivity contribution is 0.282. The molecule has 164 valence electrons. The predicted molar refractivity (Wildman–Crippen MR) is 116 cm³/mol. The minimum Gasteiger partial charge on any atom is -0.396 e. The Hall–Kier alpha value is -0.130. The van der Waals surface area contributed by atoms with Crippen LogP contribution in [0.5, 0.6) is 0 Å². The molecule has 1 unspecified atom stereocenters. The fourth-order valence-electron chi connectivity index (χ4n) is 3.52. The Bertz CT molecular complexity index is 395. The summed E-state index contributed by atoms with van der Waals surface area (Å²) in [6, 6.07) is 0. The summed E-state index contributed by atoms with van der Waals surface area (Å²) in [6.45, 7) is 1.93. The standard InChI is InChI=1S/C22H46O4S/c1-22(27(24,25)26)20-18-16-14-12-10-8-6-4-2-3-5-7-9-11-13-15-17-19-21-23/h22-23H,2-21H2,1H3,(H,24,25,26). The van der Waals surface area contributed by atoms with Crippen molar-refractivity contribution in [3.8, 4) is 0 Å². The summed E-state index contributed by atoms with van der Waals surface area (Å²) < 4.78 is 30.7. The van der Waals surface area contributed by atoms with Crippen molar-refractivity contribution in [1.82, 2.24) is 0 Å². The highest BCUT2D eigenvalue weighted by Crippen LogP contribution is 2.15. The van der Waals surface area contributed by atoms with E-state index in [1.807, 2.05) is 0 Å². The number of unbranched alkanes of at least 4 members (excludes halogenated alkanes) is 17. The summed E-state index contributed by atoms with van der Waals surface area (Å²) in [5, 5.41) is 8.10. The fourth-order valence-corrected chi connectivity index (χ4v) is 3.99. The lowest BCUT2D eigenvalue weighted by Crippen LogP contribution is -2.16. The lowest BCUT2D eigenvalue weighted by atomic mass is 10.0. The quantitative estimate of drug-likeness (QED) is 0.165. The van der Waals surface area contributed by atoms with Gasteiger partial charge >= 0.3 is 0 Å². The van der Waals surface area contributed by atoms with Gasteiger partial charge in [0.05, 0.1) is 5.25 Å². The monoisotopic (exact) mass is 406 g/mol. The van der Waals surface area contributed by atoms with Gasteiger partial charge in [0.25, 0.3) is 10.1 Å². The first kappa shape index (κ1) is 26.9. The van der Waals surface area contributed by atoms with Crippen LogP contribution in [0.25, 0.3) is 0 Å². The Balaban J connectivity index is 3.11. The molecule has 0 radical (unpaired) electrons. The third kappa shape index (κ3) is 20.4. The molecular weight excluding hydrogens is 360 g/mol. The zero-order valence-electron chi connectivity index (χ0n) is 17.8. The van der Waals surface area contributed by atoms with Gasteiger partial charge in [-0.3, -0.25) is 4.55 Å². The van der Waals surface area contributed by atoms with E-state index in [0.717, 1.165) is 19.3 Å². The number of aliphatic hydroxyl groups is 1. The Kier molecular flexibility index (Phi) is 19.1. The van der Waals surface area contributed by atoms with E-state index in [0.29, 0.717) is 13.0 Å². The molecule has 0 aliphatic carbocycles. The van der Waals surface area contributed by atoms with E-state index in [2.05, 4.69) is 0 Å². The van der Waals surface area contributed by atoms with Crippen LogP contribution in [0.15, 0.2) is 0 Å². The first-order valence-electron chi connectivity index (χ1n) is 11.6. The van der Waals surface area contributed by atoms with Gasteiger partial charge in [0, 0.05) is 6.61 Å². The maximum absolute atomic E-state index is 10.9. The Morgan fingerprint density at radius 3 is 1.07 bits per heavy atom. The van der Waals surface area contributed by atoms with Crippen molar-refractivity contribution < 1.29 is 18.1 Å². The second-order valence-corrected chi connectivity index (χ2v) is 10.0. The molecule has 1 atom stereocenters. The molecule has 0 saturated carbocycles. The van der Waals surface area contributed by atoms with Crippen molar-refractivity contribution in [3.63, 3.8) is 0 Å². The van der Waals surface area contributed by atoms with E-state index >= 15 is 0 Å². The largest absolute Gasteiger partial charge is 0.396 e. The van der Waals surface area contributed by atoms with Crippen molar-refractivity contribution >= 4 is 10.1 Å². The third-order valence-corrected chi connectivity index (χ3v) is 6.78. The second kappa shape index (κ2) is 19.2. The summed E-state index contributed by atoms with van der Waals surface area (Å²) in [4.78, 5) is 0. The SMILES string of the molecule is CC(CCCCCCCCCCCCCCCCCCCCO)S(=O)(=O)O. The third-order valence-electron chi connectivity index (χ3n) is 5.53. The maximum Gasteiger partial charge on any atom is 0.267 e. The molecule has 5 heteroatoms. The van der Waals surface area contributed by atoms with Gasteiger partial charge in [-0.05, 0) is 19.8 Å². The molecular formula is C22H46O4S. The van der Waals surface area contributed by atoms with E-state index in [-0.39, 0.29) is 0 Å². The van der Waals surface area contributed by atoms with E-state index < -0.39 is 15.4 Å². The first-order chi connectivity index (χ1) is 13.0. The van der Waals surface area contributed by atoms with E-state index in [9.17, 15) is 8.42 Å². The average Bonchev–Trinajstić information content (AvgIpc) is 2.62. The molecule has 0 saturated heterocycles. The molecule has 0 fully saturated rings. The smallest absolute Gasteiger partial charge is 0.267 e. The van der Waals surface area contributed by atoms with Crippen LogP contribution in [0.4, 0.5) is 0 Å². The van der Waals surface area contributed by atoms with E-state index in [1.165, 1.54) is 96.3 Å². The maximum atomic E-state index is 10.9. The summed E-state index contributed by atoms with van der Waals surface area (Å²) in [5.41, 5.74) is 0. The molecule has 0 spiro atoms. The van der Waals surface area contributed by atoms with Crippen molar-refractivity contribution in [2.75, 3.05) is 6.61 Å². The molecule has 4 nitrogen and oxygen atoms in total. The normalized spacial score (nSPS) is 13.1. The van der Waals surface area contributed by atoms with Gasteiger partial charge in [-0.1, -0.05) is 109 Å². The van der Waals surface area contributed by atoms with Crippen LogP contribution in [0, 0.1) is 0 Å². The molecule has 0 bridgehead atoms. The highest BCUT2D eigenvalue weighted by molar-refractivity contribution is 7.86. The molecule has 0 aliphatic rings. The number of hydrogen-bond donors (Lipinski definition) is 2. The van der Waals surface area contributed by atoms with Crippen LogP contribution in [0.3, 0.4) is 0 Å². The number of hydrogen-bond acceptors (Lipinski definition) is 3. The van der Waals surface area contributed by atoms with Crippen molar-refractivity contribution in [2.24, 2.45) is 0 Å². The molecule has 0 aromatic rings. The van der Waals surface area contributed by atoms with E-state index in [4.69, 9.17) is 9.66 Å². The van der Waals surface area contributed by atoms with Gasteiger partial charge < -0.3 is 5.11 Å². The molecule has 2 N–H and O–H groups in total. The van der Waals surface area contributed by atoms with Crippen LogP contribution in [0.2, 0.25) is 0 Å². The Morgan fingerprint density at radius 1 is 0.556 bits per heavy atom. The van der Waals surface area contributed by atoms with Gasteiger partial charge in [0.2, 0.25) is 0 Å². The van der Waals surface area contributed by atoms with Crippen molar-refractivity contribution in [3.05, 3.63) is 0 Å². The zero-order valence-corrected chi connectivity index (χ0v) is 18.7.